The Kier molecular flexibility index (Phi) is 4.42. The molecule has 0 radical (unpaired) electrons. The minimum atomic E-state index is -0.980. The minimum Gasteiger partial charge on any atom is -0.494 e. The Hall–Kier alpha value is -1.13. The van der Waals surface area contributed by atoms with Crippen LogP contribution in [0.1, 0.15) is 11.1 Å². The van der Waals surface area contributed by atoms with E-state index < -0.39 is 11.6 Å². The quantitative estimate of drug-likeness (QED) is 0.761. The van der Waals surface area contributed by atoms with Crippen LogP contribution in [0, 0.1) is 11.6 Å². The molecule has 0 heterocycles. The largest absolute Gasteiger partial charge is 0.494 e. The van der Waals surface area contributed by atoms with Crippen LogP contribution in [0.3, 0.4) is 0 Å². The van der Waals surface area contributed by atoms with E-state index in [0.717, 1.165) is 10.0 Å². The Morgan fingerprint density at radius 2 is 1.84 bits per heavy atom. The van der Waals surface area contributed by atoms with Gasteiger partial charge in [-0.05, 0) is 35.4 Å². The number of ether oxygens (including phenoxy) is 1. The lowest BCUT2D eigenvalue weighted by Gasteiger charge is -2.09. The van der Waals surface area contributed by atoms with E-state index in [1.165, 1.54) is 19.2 Å². The molecule has 0 unspecified atom stereocenters. The van der Waals surface area contributed by atoms with E-state index in [0.29, 0.717) is 5.02 Å². The molecule has 5 heteroatoms. The van der Waals surface area contributed by atoms with Crippen LogP contribution in [-0.4, -0.2) is 7.11 Å². The zero-order chi connectivity index (χ0) is 14.0. The summed E-state index contributed by atoms with van der Waals surface area (Å²) in [5.74, 6) is -2.00. The standard InChI is InChI=1S/C14H10BrClF2O/c1-19-12-5-2-8(13(17)14(12)18)6-9-7-10(15)3-4-11(9)16/h2-5,7H,6H2,1H3. The smallest absolute Gasteiger partial charge is 0.200 e. The lowest BCUT2D eigenvalue weighted by Crippen LogP contribution is -1.99. The fourth-order valence-electron chi connectivity index (χ4n) is 1.75. The highest BCUT2D eigenvalue weighted by atomic mass is 79.9. The summed E-state index contributed by atoms with van der Waals surface area (Å²) in [6.07, 6.45) is 0.213. The highest BCUT2D eigenvalue weighted by Crippen LogP contribution is 2.27. The van der Waals surface area contributed by atoms with Crippen molar-refractivity contribution in [2.75, 3.05) is 7.11 Å². The van der Waals surface area contributed by atoms with Gasteiger partial charge < -0.3 is 4.74 Å². The van der Waals surface area contributed by atoms with Crippen molar-refractivity contribution in [3.05, 3.63) is 62.6 Å². The van der Waals surface area contributed by atoms with Gasteiger partial charge in [0, 0.05) is 15.9 Å². The molecule has 0 saturated heterocycles. The van der Waals surface area contributed by atoms with Gasteiger partial charge in [-0.15, -0.1) is 0 Å². The molecule has 0 fully saturated rings. The van der Waals surface area contributed by atoms with Gasteiger partial charge in [-0.25, -0.2) is 4.39 Å². The predicted molar refractivity (Wildman–Crippen MR) is 74.9 cm³/mol. The van der Waals surface area contributed by atoms with Gasteiger partial charge in [0.25, 0.3) is 0 Å². The molecule has 0 aliphatic rings. The van der Waals surface area contributed by atoms with Crippen LogP contribution in [0.4, 0.5) is 8.78 Å². The van der Waals surface area contributed by atoms with Crippen molar-refractivity contribution in [2.24, 2.45) is 0 Å². The molecule has 0 spiro atoms. The van der Waals surface area contributed by atoms with Crippen molar-refractivity contribution in [3.8, 4) is 5.75 Å². The van der Waals surface area contributed by atoms with Crippen LogP contribution >= 0.6 is 27.5 Å². The molecule has 0 bridgehead atoms. The van der Waals surface area contributed by atoms with Crippen LogP contribution in [0.2, 0.25) is 5.02 Å². The fourth-order valence-corrected chi connectivity index (χ4v) is 2.34. The summed E-state index contributed by atoms with van der Waals surface area (Å²) in [5, 5.41) is 0.513. The molecule has 2 aromatic carbocycles. The first-order valence-corrected chi connectivity index (χ1v) is 6.65. The van der Waals surface area contributed by atoms with Crippen molar-refractivity contribution in [3.63, 3.8) is 0 Å². The summed E-state index contributed by atoms with van der Waals surface area (Å²) >= 11 is 9.35. The summed E-state index contributed by atoms with van der Waals surface area (Å²) in [6.45, 7) is 0. The minimum absolute atomic E-state index is 0.110. The first kappa shape index (κ1) is 14.3. The predicted octanol–water partition coefficient (Wildman–Crippen LogP) is 4.98. The molecular weight excluding hydrogens is 338 g/mol. The molecule has 0 aromatic heterocycles. The van der Waals surface area contributed by atoms with Crippen LogP contribution < -0.4 is 4.74 Å². The zero-order valence-corrected chi connectivity index (χ0v) is 12.4. The SMILES string of the molecule is COc1ccc(Cc2cc(Br)ccc2Cl)c(F)c1F. The number of methoxy groups -OCH3 is 1. The third-order valence-corrected chi connectivity index (χ3v) is 3.60. The molecule has 0 aliphatic carbocycles. The normalized spacial score (nSPS) is 10.6. The summed E-state index contributed by atoms with van der Waals surface area (Å²) < 4.78 is 33.0. The Morgan fingerprint density at radius 3 is 2.53 bits per heavy atom. The lowest BCUT2D eigenvalue weighted by molar-refractivity contribution is 0.370. The van der Waals surface area contributed by atoms with Crippen molar-refractivity contribution < 1.29 is 13.5 Å². The molecule has 0 saturated carbocycles. The average molecular weight is 348 g/mol. The van der Waals surface area contributed by atoms with Gasteiger partial charge in [-0.2, -0.15) is 4.39 Å². The second-order valence-corrected chi connectivity index (χ2v) is 5.29. The Bertz CT molecular complexity index is 617. The number of benzene rings is 2. The molecule has 0 aliphatic heterocycles. The average Bonchev–Trinajstić information content (AvgIpc) is 2.39. The fraction of sp³-hybridized carbons (Fsp3) is 0.143. The van der Waals surface area contributed by atoms with Crippen LogP contribution in [-0.2, 0) is 6.42 Å². The Labute approximate surface area is 123 Å². The molecular formula is C14H10BrClF2O. The Balaban J connectivity index is 2.39. The molecule has 0 N–H and O–H groups in total. The van der Waals surface area contributed by atoms with Gasteiger partial charge in [0.05, 0.1) is 7.11 Å². The van der Waals surface area contributed by atoms with E-state index >= 15 is 0 Å². The van der Waals surface area contributed by atoms with E-state index in [-0.39, 0.29) is 17.7 Å². The zero-order valence-electron chi connectivity index (χ0n) is 10.0. The molecule has 100 valence electrons. The second kappa shape index (κ2) is 5.88. The van der Waals surface area contributed by atoms with Gasteiger partial charge >= 0.3 is 0 Å². The van der Waals surface area contributed by atoms with E-state index in [9.17, 15) is 8.78 Å². The molecule has 2 aromatic rings. The van der Waals surface area contributed by atoms with Crippen LogP contribution in [0.25, 0.3) is 0 Å². The van der Waals surface area contributed by atoms with Gasteiger partial charge in [-0.1, -0.05) is 33.6 Å². The van der Waals surface area contributed by atoms with Gasteiger partial charge in [-0.3, -0.25) is 0 Å². The van der Waals surface area contributed by atoms with Gasteiger partial charge in [0.2, 0.25) is 5.82 Å². The summed E-state index contributed by atoms with van der Waals surface area (Å²) in [7, 11) is 1.29. The molecule has 2 rings (SSSR count). The van der Waals surface area contributed by atoms with Crippen LogP contribution in [0.5, 0.6) is 5.75 Å². The van der Waals surface area contributed by atoms with Crippen molar-refractivity contribution in [1.29, 1.82) is 0 Å². The van der Waals surface area contributed by atoms with Crippen molar-refractivity contribution in [1.82, 2.24) is 0 Å². The maximum Gasteiger partial charge on any atom is 0.200 e. The molecule has 19 heavy (non-hydrogen) atoms. The number of rotatable bonds is 3. The van der Waals surface area contributed by atoms with Gasteiger partial charge in [0.15, 0.2) is 11.6 Å². The molecule has 1 nitrogen and oxygen atoms in total. The van der Waals surface area contributed by atoms with Crippen molar-refractivity contribution in [2.45, 2.75) is 6.42 Å². The lowest BCUT2D eigenvalue weighted by atomic mass is 10.0. The monoisotopic (exact) mass is 346 g/mol. The van der Waals surface area contributed by atoms with E-state index in [1.807, 2.05) is 0 Å². The van der Waals surface area contributed by atoms with Crippen molar-refractivity contribution >= 4 is 27.5 Å². The summed E-state index contributed by atoms with van der Waals surface area (Å²) in [4.78, 5) is 0. The third-order valence-electron chi connectivity index (χ3n) is 2.74. The highest BCUT2D eigenvalue weighted by molar-refractivity contribution is 9.10. The second-order valence-electron chi connectivity index (χ2n) is 3.97. The maximum atomic E-state index is 13.9. The number of hydrogen-bond acceptors (Lipinski definition) is 1. The first-order chi connectivity index (χ1) is 9.02. The first-order valence-electron chi connectivity index (χ1n) is 5.47. The Morgan fingerprint density at radius 1 is 1.11 bits per heavy atom. The summed E-state index contributed by atoms with van der Waals surface area (Å²) in [5.41, 5.74) is 0.956. The van der Waals surface area contributed by atoms with Crippen LogP contribution in [0.15, 0.2) is 34.8 Å². The third kappa shape index (κ3) is 3.07. The molecule has 0 amide bonds. The number of halogens is 4. The van der Waals surface area contributed by atoms with Gasteiger partial charge in [0.1, 0.15) is 0 Å². The number of hydrogen-bond donors (Lipinski definition) is 0. The van der Waals surface area contributed by atoms with E-state index in [4.69, 9.17) is 16.3 Å². The topological polar surface area (TPSA) is 9.23 Å². The highest BCUT2D eigenvalue weighted by Gasteiger charge is 2.15. The van der Waals surface area contributed by atoms with E-state index in [1.54, 1.807) is 18.2 Å². The maximum absolute atomic E-state index is 13.9. The summed E-state index contributed by atoms with van der Waals surface area (Å²) in [6, 6.07) is 8.17. The molecule has 0 atom stereocenters. The van der Waals surface area contributed by atoms with E-state index in [2.05, 4.69) is 15.9 Å².